The van der Waals surface area contributed by atoms with Crippen LogP contribution < -0.4 is 15.8 Å². The molecule has 1 aromatic heterocycles. The number of pyridine rings is 1. The fraction of sp³-hybridized carbons (Fsp3) is 0.462. The Labute approximate surface area is 210 Å². The Morgan fingerprint density at radius 3 is 2.67 bits per heavy atom. The fourth-order valence-corrected chi connectivity index (χ4v) is 4.79. The van der Waals surface area contributed by atoms with Crippen molar-refractivity contribution >= 4 is 17.7 Å². The van der Waals surface area contributed by atoms with Gasteiger partial charge in [0, 0.05) is 50.7 Å². The molecule has 1 aromatic carbocycles. The van der Waals surface area contributed by atoms with Gasteiger partial charge in [0.25, 0.3) is 11.8 Å². The zero-order valence-corrected chi connectivity index (χ0v) is 20.5. The van der Waals surface area contributed by atoms with Gasteiger partial charge in [0.05, 0.1) is 24.8 Å². The molecule has 10 nitrogen and oxygen atoms in total. The van der Waals surface area contributed by atoms with Crippen molar-refractivity contribution in [1.29, 1.82) is 0 Å². The maximum Gasteiger partial charge on any atom is 0.256 e. The van der Waals surface area contributed by atoms with Crippen LogP contribution in [0.2, 0.25) is 0 Å². The number of benzene rings is 1. The van der Waals surface area contributed by atoms with Crippen molar-refractivity contribution in [2.45, 2.75) is 37.5 Å². The number of rotatable bonds is 9. The number of nitrogens with two attached hydrogens (primary N) is 1. The van der Waals surface area contributed by atoms with Crippen LogP contribution in [0, 0.1) is 0 Å². The van der Waals surface area contributed by atoms with Gasteiger partial charge in [-0.1, -0.05) is 0 Å². The fourth-order valence-electron chi connectivity index (χ4n) is 4.79. The Morgan fingerprint density at radius 1 is 1.22 bits per heavy atom. The first-order valence-corrected chi connectivity index (χ1v) is 12.3. The summed E-state index contributed by atoms with van der Waals surface area (Å²) in [4.78, 5) is 47.5. The smallest absolute Gasteiger partial charge is 0.256 e. The van der Waals surface area contributed by atoms with Crippen LogP contribution in [0.5, 0.6) is 5.75 Å². The summed E-state index contributed by atoms with van der Waals surface area (Å²) in [6, 6.07) is 9.19. The lowest BCUT2D eigenvalue weighted by atomic mass is 10.1. The van der Waals surface area contributed by atoms with E-state index in [1.165, 1.54) is 11.1 Å². The predicted octanol–water partition coefficient (Wildman–Crippen LogP) is 1.07. The van der Waals surface area contributed by atoms with Crippen molar-refractivity contribution in [2.75, 3.05) is 39.9 Å². The molecule has 3 N–H and O–H groups in total. The second kappa shape index (κ2) is 12.0. The zero-order chi connectivity index (χ0) is 25.5. The zero-order valence-electron chi connectivity index (χ0n) is 20.5. The first-order valence-electron chi connectivity index (χ1n) is 12.3. The minimum Gasteiger partial charge on any atom is -0.497 e. The average molecular weight is 496 g/mol. The normalized spacial score (nSPS) is 21.3. The molecular formula is C26H33N5O5. The second-order valence-corrected chi connectivity index (χ2v) is 9.01. The highest BCUT2D eigenvalue weighted by atomic mass is 16.5. The highest BCUT2D eigenvalue weighted by Gasteiger charge is 2.44. The molecule has 0 saturated carbocycles. The van der Waals surface area contributed by atoms with Gasteiger partial charge in [-0.3, -0.25) is 19.4 Å². The van der Waals surface area contributed by atoms with Crippen LogP contribution in [0.25, 0.3) is 0 Å². The van der Waals surface area contributed by atoms with Gasteiger partial charge in [-0.25, -0.2) is 0 Å². The van der Waals surface area contributed by atoms with Crippen molar-refractivity contribution in [1.82, 2.24) is 20.1 Å². The summed E-state index contributed by atoms with van der Waals surface area (Å²) in [7, 11) is 1.57. The molecule has 4 rings (SSSR count). The molecule has 36 heavy (non-hydrogen) atoms. The summed E-state index contributed by atoms with van der Waals surface area (Å²) in [5, 5.41) is 2.80. The van der Waals surface area contributed by atoms with E-state index in [0.29, 0.717) is 49.5 Å². The first kappa shape index (κ1) is 25.6. The lowest BCUT2D eigenvalue weighted by Crippen LogP contribution is -2.47. The van der Waals surface area contributed by atoms with E-state index in [9.17, 15) is 14.4 Å². The van der Waals surface area contributed by atoms with E-state index in [4.69, 9.17) is 15.2 Å². The van der Waals surface area contributed by atoms with Crippen molar-refractivity contribution in [3.05, 3.63) is 59.9 Å². The maximum absolute atomic E-state index is 13.7. The van der Waals surface area contributed by atoms with E-state index in [2.05, 4.69) is 10.3 Å². The first-order chi connectivity index (χ1) is 17.5. The molecule has 2 fully saturated rings. The highest BCUT2D eigenvalue weighted by molar-refractivity contribution is 5.98. The van der Waals surface area contributed by atoms with E-state index in [1.54, 1.807) is 54.6 Å². The predicted molar refractivity (Wildman–Crippen MR) is 133 cm³/mol. The van der Waals surface area contributed by atoms with Gasteiger partial charge in [0.15, 0.2) is 0 Å². The highest BCUT2D eigenvalue weighted by Crippen LogP contribution is 2.28. The van der Waals surface area contributed by atoms with Crippen molar-refractivity contribution in [2.24, 2.45) is 5.73 Å². The molecule has 192 valence electrons. The number of nitrogens with zero attached hydrogens (tertiary/aromatic N) is 3. The van der Waals surface area contributed by atoms with E-state index >= 15 is 0 Å². The number of nitrogens with one attached hydrogen (secondary N) is 1. The Morgan fingerprint density at radius 2 is 2.03 bits per heavy atom. The van der Waals surface area contributed by atoms with Gasteiger partial charge in [0.1, 0.15) is 11.8 Å². The van der Waals surface area contributed by atoms with Crippen LogP contribution in [-0.4, -0.2) is 90.6 Å². The molecule has 10 heteroatoms. The maximum atomic E-state index is 13.7. The van der Waals surface area contributed by atoms with Crippen LogP contribution in [-0.2, 0) is 9.53 Å². The Balaban J connectivity index is 1.62. The van der Waals surface area contributed by atoms with Gasteiger partial charge in [-0.2, -0.15) is 0 Å². The van der Waals surface area contributed by atoms with E-state index in [1.807, 2.05) is 0 Å². The SMILES string of the molecule is COc1ccc(C(=O)N(CC2CCCO2)C2CC(C(=O)NCCN)N(C(=O)c3cccnc3)C2)cc1. The van der Waals surface area contributed by atoms with Gasteiger partial charge >= 0.3 is 0 Å². The van der Waals surface area contributed by atoms with Crippen LogP contribution in [0.4, 0.5) is 0 Å². The minimum absolute atomic E-state index is 0.0835. The quantitative estimate of drug-likeness (QED) is 0.533. The summed E-state index contributed by atoms with van der Waals surface area (Å²) in [5.74, 6) is -0.0977. The van der Waals surface area contributed by atoms with E-state index in [-0.39, 0.29) is 36.4 Å². The standard InChI is InChI=1S/C26H33N5O5/c1-35-21-8-6-18(7-9-21)25(33)30(17-22-5-3-13-36-22)20-14-23(24(32)29-12-10-27)31(16-20)26(34)19-4-2-11-28-15-19/h2,4,6-9,11,15,20,22-23H,3,5,10,12-14,16-17,27H2,1H3,(H,29,32). The van der Waals surface area contributed by atoms with Crippen molar-refractivity contribution in [3.63, 3.8) is 0 Å². The summed E-state index contributed by atoms with van der Waals surface area (Å²) in [6.45, 7) is 1.87. The Bertz CT molecular complexity index is 1040. The number of hydrogen-bond donors (Lipinski definition) is 2. The van der Waals surface area contributed by atoms with Gasteiger partial charge in [0.2, 0.25) is 5.91 Å². The van der Waals surface area contributed by atoms with Crippen LogP contribution in [0.1, 0.15) is 40.0 Å². The Hall–Kier alpha value is -3.50. The number of carbonyl (C=O) groups is 3. The summed E-state index contributed by atoms with van der Waals surface area (Å²) in [6.07, 6.45) is 5.10. The number of likely N-dealkylation sites (tertiary alicyclic amines) is 1. The molecule has 2 saturated heterocycles. The third-order valence-corrected chi connectivity index (χ3v) is 6.66. The van der Waals surface area contributed by atoms with Crippen LogP contribution in [0.15, 0.2) is 48.8 Å². The molecule has 0 spiro atoms. The van der Waals surface area contributed by atoms with Crippen molar-refractivity contribution < 1.29 is 23.9 Å². The largest absolute Gasteiger partial charge is 0.497 e. The number of amides is 3. The molecule has 2 aliphatic rings. The number of hydrogen-bond acceptors (Lipinski definition) is 7. The van der Waals surface area contributed by atoms with Gasteiger partial charge in [-0.15, -0.1) is 0 Å². The van der Waals surface area contributed by atoms with Crippen LogP contribution in [0.3, 0.4) is 0 Å². The third kappa shape index (κ3) is 5.83. The topological polar surface area (TPSA) is 127 Å². The molecule has 3 heterocycles. The number of carbonyl (C=O) groups excluding carboxylic acids is 3. The molecule has 2 aliphatic heterocycles. The van der Waals surface area contributed by atoms with E-state index in [0.717, 1.165) is 12.8 Å². The molecule has 0 bridgehead atoms. The second-order valence-electron chi connectivity index (χ2n) is 9.01. The number of aromatic nitrogens is 1. The summed E-state index contributed by atoms with van der Waals surface area (Å²) in [5.41, 5.74) is 6.47. The Kier molecular flexibility index (Phi) is 8.50. The summed E-state index contributed by atoms with van der Waals surface area (Å²) < 4.78 is 11.1. The summed E-state index contributed by atoms with van der Waals surface area (Å²) >= 11 is 0. The molecule has 3 amide bonds. The molecular weight excluding hydrogens is 462 g/mol. The lowest BCUT2D eigenvalue weighted by Gasteiger charge is -2.31. The van der Waals surface area contributed by atoms with Crippen LogP contribution >= 0.6 is 0 Å². The molecule has 3 atom stereocenters. The molecule has 0 aliphatic carbocycles. The van der Waals surface area contributed by atoms with Gasteiger partial charge < -0.3 is 30.3 Å². The molecule has 0 radical (unpaired) electrons. The van der Waals surface area contributed by atoms with Gasteiger partial charge in [-0.05, 0) is 55.7 Å². The van der Waals surface area contributed by atoms with E-state index < -0.39 is 6.04 Å². The monoisotopic (exact) mass is 495 g/mol. The van der Waals surface area contributed by atoms with Crippen molar-refractivity contribution in [3.8, 4) is 5.75 Å². The lowest BCUT2D eigenvalue weighted by molar-refractivity contribution is -0.124. The molecule has 3 unspecified atom stereocenters. The number of ether oxygens (including phenoxy) is 2. The molecule has 2 aromatic rings. The average Bonchev–Trinajstić information content (AvgIpc) is 3.60. The minimum atomic E-state index is -0.732. The number of methoxy groups -OCH3 is 1. The third-order valence-electron chi connectivity index (χ3n) is 6.66.